The van der Waals surface area contributed by atoms with Crippen molar-refractivity contribution < 1.29 is 5.21 Å². The molecule has 0 aliphatic rings. The molecule has 3 heteroatoms. The zero-order chi connectivity index (χ0) is 17.8. The number of allylic oxidation sites excluding steroid dienone is 4. The summed E-state index contributed by atoms with van der Waals surface area (Å²) in [6.07, 6.45) is 13.3. The molecule has 1 N–H and O–H groups in total. The highest BCUT2D eigenvalue weighted by molar-refractivity contribution is 5.75. The third-order valence-corrected chi connectivity index (χ3v) is 4.10. The van der Waals surface area contributed by atoms with Crippen LogP contribution >= 0.6 is 0 Å². The first-order chi connectivity index (χ1) is 11.6. The Hall–Kier alpha value is -2.29. The van der Waals surface area contributed by atoms with Gasteiger partial charge in [-0.15, -0.1) is 0 Å². The molecule has 0 saturated carbocycles. The first-order valence-corrected chi connectivity index (χ1v) is 8.65. The van der Waals surface area contributed by atoms with Crippen LogP contribution in [0.5, 0.6) is 0 Å². The van der Waals surface area contributed by atoms with Crippen LogP contribution in [0.15, 0.2) is 72.1 Å². The predicted molar refractivity (Wildman–Crippen MR) is 105 cm³/mol. The summed E-state index contributed by atoms with van der Waals surface area (Å²) >= 11 is 0. The summed E-state index contributed by atoms with van der Waals surface area (Å²) in [5, 5.41) is 12.0. The van der Waals surface area contributed by atoms with E-state index in [2.05, 4.69) is 61.7 Å². The third kappa shape index (κ3) is 5.41. The van der Waals surface area contributed by atoms with E-state index in [0.29, 0.717) is 0 Å². The smallest absolute Gasteiger partial charge is 0.0682 e. The van der Waals surface area contributed by atoms with Crippen LogP contribution in [-0.4, -0.2) is 17.0 Å². The molecule has 0 aliphatic heterocycles. The van der Waals surface area contributed by atoms with Crippen molar-refractivity contribution in [1.29, 1.82) is 0 Å². The number of hydrogen-bond acceptors (Lipinski definition) is 3. The van der Waals surface area contributed by atoms with Crippen molar-refractivity contribution in [3.05, 3.63) is 66.9 Å². The maximum Gasteiger partial charge on any atom is 0.0682 e. The number of rotatable bonds is 10. The van der Waals surface area contributed by atoms with Crippen molar-refractivity contribution in [2.75, 3.05) is 4.90 Å². The Balaban J connectivity index is 3.50. The molecule has 0 aliphatic carbocycles. The van der Waals surface area contributed by atoms with E-state index in [9.17, 15) is 0 Å². The number of oxime groups is 1. The normalized spacial score (nSPS) is 12.9. The molecule has 1 rings (SSSR count). The fourth-order valence-corrected chi connectivity index (χ4v) is 3.26. The van der Waals surface area contributed by atoms with E-state index < -0.39 is 0 Å². The van der Waals surface area contributed by atoms with Gasteiger partial charge in [-0.1, -0.05) is 68.8 Å². The molecule has 0 unspecified atom stereocenters. The standard InChI is InChI=1S/C21H30N2O/c1-5-8-12-20(15-18-22-24)23(19-13-10-9-11-14-19)21(4,16-6-2)17-7-3/h5,8-15,18,24H,1,6-7,16-17H2,2-4H3/b12-8-,20-15+,22-18?. The van der Waals surface area contributed by atoms with Gasteiger partial charge in [-0.2, -0.15) is 0 Å². The monoisotopic (exact) mass is 326 g/mol. The molecule has 0 spiro atoms. The van der Waals surface area contributed by atoms with E-state index in [4.69, 9.17) is 5.21 Å². The minimum atomic E-state index is -0.0223. The van der Waals surface area contributed by atoms with Gasteiger partial charge in [0.15, 0.2) is 0 Å². The van der Waals surface area contributed by atoms with E-state index in [1.165, 1.54) is 6.21 Å². The van der Waals surface area contributed by atoms with Crippen LogP contribution in [0.4, 0.5) is 5.69 Å². The van der Waals surface area contributed by atoms with Gasteiger partial charge in [-0.25, -0.2) is 0 Å². The van der Waals surface area contributed by atoms with Gasteiger partial charge in [-0.3, -0.25) is 0 Å². The zero-order valence-electron chi connectivity index (χ0n) is 15.2. The summed E-state index contributed by atoms with van der Waals surface area (Å²) in [5.74, 6) is 0. The van der Waals surface area contributed by atoms with Crippen LogP contribution in [-0.2, 0) is 0 Å². The van der Waals surface area contributed by atoms with Crippen molar-refractivity contribution in [1.82, 2.24) is 0 Å². The number of anilines is 1. The Morgan fingerprint density at radius 3 is 2.33 bits per heavy atom. The molecule has 0 amide bonds. The van der Waals surface area contributed by atoms with Crippen molar-refractivity contribution in [3.8, 4) is 0 Å². The van der Waals surface area contributed by atoms with Gasteiger partial charge in [-0.05, 0) is 44.1 Å². The van der Waals surface area contributed by atoms with Crippen LogP contribution in [0.1, 0.15) is 46.5 Å². The quantitative estimate of drug-likeness (QED) is 0.250. The zero-order valence-corrected chi connectivity index (χ0v) is 15.2. The summed E-state index contributed by atoms with van der Waals surface area (Å²) < 4.78 is 0. The van der Waals surface area contributed by atoms with Gasteiger partial charge in [0, 0.05) is 16.9 Å². The molecule has 0 aromatic heterocycles. The molecule has 1 aromatic rings. The first-order valence-electron chi connectivity index (χ1n) is 8.65. The third-order valence-electron chi connectivity index (χ3n) is 4.10. The molecular formula is C21H30N2O. The molecule has 24 heavy (non-hydrogen) atoms. The Labute approximate surface area is 146 Å². The fraction of sp³-hybridized carbons (Fsp3) is 0.381. The Kier molecular flexibility index (Phi) is 8.63. The van der Waals surface area contributed by atoms with Crippen LogP contribution in [0.3, 0.4) is 0 Å². The summed E-state index contributed by atoms with van der Waals surface area (Å²) in [4.78, 5) is 2.35. The largest absolute Gasteiger partial charge is 0.411 e. The number of nitrogens with zero attached hydrogens (tertiary/aromatic N) is 2. The van der Waals surface area contributed by atoms with Gasteiger partial charge >= 0.3 is 0 Å². The molecule has 130 valence electrons. The van der Waals surface area contributed by atoms with Crippen LogP contribution in [0.2, 0.25) is 0 Å². The summed E-state index contributed by atoms with van der Waals surface area (Å²) in [5.41, 5.74) is 2.09. The molecule has 0 radical (unpaired) electrons. The molecule has 3 nitrogen and oxygen atoms in total. The van der Waals surface area contributed by atoms with E-state index in [-0.39, 0.29) is 5.54 Å². The molecule has 1 aromatic carbocycles. The number of benzene rings is 1. The topological polar surface area (TPSA) is 35.8 Å². The average molecular weight is 326 g/mol. The minimum Gasteiger partial charge on any atom is -0.411 e. The van der Waals surface area contributed by atoms with E-state index in [1.807, 2.05) is 24.3 Å². The van der Waals surface area contributed by atoms with E-state index in [1.54, 1.807) is 6.08 Å². The highest BCUT2D eigenvalue weighted by atomic mass is 16.4. The summed E-state index contributed by atoms with van der Waals surface area (Å²) in [7, 11) is 0. The fourth-order valence-electron chi connectivity index (χ4n) is 3.26. The van der Waals surface area contributed by atoms with Gasteiger partial charge in [0.25, 0.3) is 0 Å². The Morgan fingerprint density at radius 1 is 1.21 bits per heavy atom. The number of para-hydroxylation sites is 1. The second-order valence-electron chi connectivity index (χ2n) is 6.12. The lowest BCUT2D eigenvalue weighted by Crippen LogP contribution is -2.45. The van der Waals surface area contributed by atoms with Gasteiger partial charge in [0.2, 0.25) is 0 Å². The molecule has 0 bridgehead atoms. The SMILES string of the molecule is C=C/C=C\C(=C/C=NO)N(c1ccccc1)C(C)(CCC)CCC. The highest BCUT2D eigenvalue weighted by Gasteiger charge is 2.32. The van der Waals surface area contributed by atoms with Crippen LogP contribution in [0.25, 0.3) is 0 Å². The van der Waals surface area contributed by atoms with Gasteiger partial charge in [0.1, 0.15) is 0 Å². The highest BCUT2D eigenvalue weighted by Crippen LogP contribution is 2.35. The van der Waals surface area contributed by atoms with E-state index >= 15 is 0 Å². The second-order valence-corrected chi connectivity index (χ2v) is 6.12. The van der Waals surface area contributed by atoms with Crippen molar-refractivity contribution in [2.45, 2.75) is 52.0 Å². The number of hydrogen-bond donors (Lipinski definition) is 1. The minimum absolute atomic E-state index is 0.0223. The van der Waals surface area contributed by atoms with Gasteiger partial charge in [0.05, 0.1) is 6.21 Å². The lowest BCUT2D eigenvalue weighted by molar-refractivity contribution is 0.322. The lowest BCUT2D eigenvalue weighted by Gasteiger charge is -2.44. The lowest BCUT2D eigenvalue weighted by atomic mass is 9.87. The van der Waals surface area contributed by atoms with Crippen LogP contribution in [0, 0.1) is 0 Å². The first kappa shape index (κ1) is 19.8. The maximum absolute atomic E-state index is 8.86. The van der Waals surface area contributed by atoms with Crippen molar-refractivity contribution in [2.24, 2.45) is 5.16 Å². The maximum atomic E-state index is 8.86. The Bertz CT molecular complexity index is 567. The van der Waals surface area contributed by atoms with Crippen molar-refractivity contribution >= 4 is 11.9 Å². The van der Waals surface area contributed by atoms with E-state index in [0.717, 1.165) is 37.1 Å². The molecule has 0 heterocycles. The Morgan fingerprint density at radius 2 is 1.83 bits per heavy atom. The predicted octanol–water partition coefficient (Wildman–Crippen LogP) is 5.94. The van der Waals surface area contributed by atoms with Crippen LogP contribution < -0.4 is 4.90 Å². The molecule has 0 fully saturated rings. The summed E-state index contributed by atoms with van der Waals surface area (Å²) in [6.45, 7) is 10.5. The molecular weight excluding hydrogens is 296 g/mol. The average Bonchev–Trinajstić information content (AvgIpc) is 2.58. The summed E-state index contributed by atoms with van der Waals surface area (Å²) in [6, 6.07) is 10.4. The van der Waals surface area contributed by atoms with Crippen molar-refractivity contribution in [3.63, 3.8) is 0 Å². The van der Waals surface area contributed by atoms with Gasteiger partial charge < -0.3 is 10.1 Å². The molecule has 0 atom stereocenters. The molecule has 0 saturated heterocycles. The second kappa shape index (κ2) is 10.5.